The van der Waals surface area contributed by atoms with Crippen LogP contribution in [-0.4, -0.2) is 4.89 Å². The van der Waals surface area contributed by atoms with E-state index in [-0.39, 0.29) is 5.56 Å². The monoisotopic (exact) mass is 226 g/mol. The second kappa shape index (κ2) is 3.63. The first-order valence-electron chi connectivity index (χ1n) is 3.48. The summed E-state index contributed by atoms with van der Waals surface area (Å²) in [4.78, 5) is 8.13. The lowest BCUT2D eigenvalue weighted by molar-refractivity contribution is 0.320. The normalized spacial score (nSPS) is 14.9. The summed E-state index contributed by atoms with van der Waals surface area (Å²) in [5.41, 5.74) is -0.0125. The zero-order chi connectivity index (χ0) is 10.9. The Morgan fingerprint density at radius 2 is 1.93 bits per heavy atom. The molecule has 0 aliphatic rings. The lowest BCUT2D eigenvalue weighted by atomic mass is 10.2. The summed E-state index contributed by atoms with van der Waals surface area (Å²) < 4.78 is 51.6. The number of halogens is 3. The highest BCUT2D eigenvalue weighted by atomic mass is 31.2. The van der Waals surface area contributed by atoms with Gasteiger partial charge in [-0.1, -0.05) is 6.07 Å². The van der Waals surface area contributed by atoms with E-state index in [1.54, 1.807) is 0 Å². The largest absolute Gasteiger partial charge is 0.567 e. The average Bonchev–Trinajstić information content (AvgIpc) is 2.04. The van der Waals surface area contributed by atoms with E-state index in [0.29, 0.717) is 0 Å². The minimum atomic E-state index is -5.36. The second-order valence-corrected chi connectivity index (χ2v) is 3.64. The summed E-state index contributed by atoms with van der Waals surface area (Å²) in [6, 6.07) is 1.97. The van der Waals surface area contributed by atoms with E-state index in [1.807, 2.05) is 0 Å². The first-order chi connectivity index (χ1) is 6.31. The van der Waals surface area contributed by atoms with Gasteiger partial charge in [-0.05, 0) is 18.6 Å². The van der Waals surface area contributed by atoms with E-state index in [9.17, 15) is 17.5 Å². The molecule has 1 unspecified atom stereocenters. The van der Waals surface area contributed by atoms with Gasteiger partial charge >= 0.3 is 7.91 Å². The van der Waals surface area contributed by atoms with Crippen LogP contribution < -0.4 is 4.52 Å². The fourth-order valence-electron chi connectivity index (χ4n) is 0.820. The molecule has 1 rings (SSSR count). The number of rotatable bonds is 2. The van der Waals surface area contributed by atoms with Gasteiger partial charge in [0.25, 0.3) is 0 Å². The molecule has 78 valence electrons. The number of hydrogen-bond acceptors (Lipinski definition) is 2. The Morgan fingerprint density at radius 3 is 2.43 bits per heavy atom. The van der Waals surface area contributed by atoms with E-state index in [2.05, 4.69) is 4.52 Å². The van der Waals surface area contributed by atoms with Crippen molar-refractivity contribution < 1.29 is 27.0 Å². The third kappa shape index (κ3) is 2.49. The highest BCUT2D eigenvalue weighted by molar-refractivity contribution is 7.47. The van der Waals surface area contributed by atoms with Gasteiger partial charge in [0.2, 0.25) is 5.82 Å². The van der Waals surface area contributed by atoms with Crippen LogP contribution >= 0.6 is 7.91 Å². The van der Waals surface area contributed by atoms with E-state index in [0.717, 1.165) is 12.1 Å². The maximum atomic E-state index is 12.9. The van der Waals surface area contributed by atoms with Gasteiger partial charge in [0.05, 0.1) is 0 Å². The molecule has 0 fully saturated rings. The molecular formula is C7H6F3O3P. The Labute approximate surface area is 77.8 Å². The van der Waals surface area contributed by atoms with Gasteiger partial charge in [0, 0.05) is 0 Å². The van der Waals surface area contributed by atoms with Crippen molar-refractivity contribution in [3.8, 4) is 5.75 Å². The highest BCUT2D eigenvalue weighted by Crippen LogP contribution is 2.44. The molecule has 1 atom stereocenters. The Bertz CT molecular complexity index is 401. The Morgan fingerprint density at radius 1 is 1.36 bits per heavy atom. The third-order valence-corrected chi connectivity index (χ3v) is 1.87. The van der Waals surface area contributed by atoms with Crippen LogP contribution in [0.3, 0.4) is 0 Å². The summed E-state index contributed by atoms with van der Waals surface area (Å²) in [7, 11) is -5.36. The van der Waals surface area contributed by atoms with Crippen molar-refractivity contribution in [2.24, 2.45) is 0 Å². The van der Waals surface area contributed by atoms with Crippen LogP contribution in [0.4, 0.5) is 13.0 Å². The first kappa shape index (κ1) is 11.1. The molecule has 0 saturated carbocycles. The topological polar surface area (TPSA) is 46.5 Å². The Hall–Kier alpha value is -1.00. The number of benzene rings is 1. The second-order valence-electron chi connectivity index (χ2n) is 2.55. The summed E-state index contributed by atoms with van der Waals surface area (Å²) in [6.07, 6.45) is 0. The van der Waals surface area contributed by atoms with Crippen LogP contribution in [-0.2, 0) is 4.57 Å². The SMILES string of the molecule is Cc1ccc(OP(=O)(O)F)c(F)c1F. The van der Waals surface area contributed by atoms with Crippen molar-refractivity contribution >= 4 is 7.91 Å². The number of aryl methyl sites for hydroxylation is 1. The van der Waals surface area contributed by atoms with Crippen LogP contribution in [0.25, 0.3) is 0 Å². The van der Waals surface area contributed by atoms with E-state index in [1.165, 1.54) is 6.92 Å². The molecule has 1 N–H and O–H groups in total. The third-order valence-electron chi connectivity index (χ3n) is 1.45. The van der Waals surface area contributed by atoms with Gasteiger partial charge in [-0.3, -0.25) is 4.89 Å². The maximum Gasteiger partial charge on any atom is 0.567 e. The quantitative estimate of drug-likeness (QED) is 0.788. The predicted octanol–water partition coefficient (Wildman–Crippen LogP) is 2.72. The summed E-state index contributed by atoms with van der Waals surface area (Å²) >= 11 is 0. The molecule has 0 amide bonds. The van der Waals surface area contributed by atoms with Crippen LogP contribution in [0.1, 0.15) is 5.56 Å². The minimum absolute atomic E-state index is 0.0125. The van der Waals surface area contributed by atoms with E-state index in [4.69, 9.17) is 4.89 Å². The van der Waals surface area contributed by atoms with Crippen molar-refractivity contribution in [1.82, 2.24) is 0 Å². The van der Waals surface area contributed by atoms with Gasteiger partial charge in [-0.15, -0.1) is 4.20 Å². The van der Waals surface area contributed by atoms with Crippen LogP contribution in [0, 0.1) is 18.6 Å². The van der Waals surface area contributed by atoms with Gasteiger partial charge in [-0.25, -0.2) is 8.96 Å². The van der Waals surface area contributed by atoms with E-state index >= 15 is 0 Å². The zero-order valence-electron chi connectivity index (χ0n) is 7.00. The smallest absolute Gasteiger partial charge is 0.398 e. The average molecular weight is 226 g/mol. The van der Waals surface area contributed by atoms with Gasteiger partial charge in [0.15, 0.2) is 11.6 Å². The summed E-state index contributed by atoms with van der Waals surface area (Å²) in [5, 5.41) is 0. The number of hydrogen-bond donors (Lipinski definition) is 1. The molecule has 0 aliphatic carbocycles. The van der Waals surface area contributed by atoms with E-state index < -0.39 is 25.3 Å². The molecule has 0 heterocycles. The van der Waals surface area contributed by atoms with Crippen LogP contribution in [0.2, 0.25) is 0 Å². The molecule has 1 aromatic carbocycles. The van der Waals surface area contributed by atoms with Crippen molar-refractivity contribution in [1.29, 1.82) is 0 Å². The van der Waals surface area contributed by atoms with Crippen molar-refractivity contribution in [2.45, 2.75) is 6.92 Å². The Balaban J connectivity index is 3.12. The molecule has 7 heteroatoms. The highest BCUT2D eigenvalue weighted by Gasteiger charge is 2.23. The Kier molecular flexibility index (Phi) is 2.87. The molecule has 1 aromatic rings. The first-order valence-corrected chi connectivity index (χ1v) is 4.95. The minimum Gasteiger partial charge on any atom is -0.398 e. The molecule has 0 aromatic heterocycles. The molecule has 0 radical (unpaired) electrons. The zero-order valence-corrected chi connectivity index (χ0v) is 7.89. The standard InChI is InChI=1S/C7H6F3O3P/c1-4-2-3-5(7(9)6(4)8)13-14(10,11)12/h2-3H,1H3,(H,11,12). The van der Waals surface area contributed by atoms with Crippen LogP contribution in [0.5, 0.6) is 5.75 Å². The molecule has 14 heavy (non-hydrogen) atoms. The van der Waals surface area contributed by atoms with Gasteiger partial charge < -0.3 is 4.52 Å². The van der Waals surface area contributed by atoms with Crippen LogP contribution in [0.15, 0.2) is 12.1 Å². The lowest BCUT2D eigenvalue weighted by Crippen LogP contribution is -1.95. The molecule has 0 aliphatic heterocycles. The molecule has 0 spiro atoms. The van der Waals surface area contributed by atoms with Crippen molar-refractivity contribution in [2.75, 3.05) is 0 Å². The summed E-state index contributed by atoms with van der Waals surface area (Å²) in [5.74, 6) is -3.66. The van der Waals surface area contributed by atoms with Gasteiger partial charge in [-0.2, -0.15) is 4.39 Å². The molecule has 0 bridgehead atoms. The fourth-order valence-corrected chi connectivity index (χ4v) is 1.20. The molecule has 3 nitrogen and oxygen atoms in total. The fraction of sp³-hybridized carbons (Fsp3) is 0.143. The maximum absolute atomic E-state index is 12.9. The molecule has 0 saturated heterocycles. The van der Waals surface area contributed by atoms with Crippen molar-refractivity contribution in [3.63, 3.8) is 0 Å². The predicted molar refractivity (Wildman–Crippen MR) is 42.7 cm³/mol. The summed E-state index contributed by atoms with van der Waals surface area (Å²) in [6.45, 7) is 1.29. The van der Waals surface area contributed by atoms with Gasteiger partial charge in [0.1, 0.15) is 0 Å². The van der Waals surface area contributed by atoms with Crippen molar-refractivity contribution in [3.05, 3.63) is 29.3 Å². The molecular weight excluding hydrogens is 220 g/mol. The lowest BCUT2D eigenvalue weighted by Gasteiger charge is -2.07.